The fraction of sp³-hybridized carbons (Fsp3) is 0.120. The Morgan fingerprint density at radius 2 is 1.69 bits per heavy atom. The number of carbonyl (C=O) groups excluding carboxylic acids is 2. The predicted molar refractivity (Wildman–Crippen MR) is 121 cm³/mol. The summed E-state index contributed by atoms with van der Waals surface area (Å²) < 4.78 is 1.66. The van der Waals surface area contributed by atoms with E-state index in [-0.39, 0.29) is 11.8 Å². The van der Waals surface area contributed by atoms with E-state index in [0.29, 0.717) is 23.4 Å². The van der Waals surface area contributed by atoms with E-state index in [4.69, 9.17) is 0 Å². The summed E-state index contributed by atoms with van der Waals surface area (Å²) in [4.78, 5) is 31.1. The van der Waals surface area contributed by atoms with Crippen LogP contribution in [0.1, 0.15) is 31.8 Å². The van der Waals surface area contributed by atoms with Crippen LogP contribution in [0, 0.1) is 0 Å². The Morgan fingerprint density at radius 3 is 2.47 bits per heavy atom. The molecule has 2 amide bonds. The zero-order chi connectivity index (χ0) is 21.9. The number of amides is 2. The van der Waals surface area contributed by atoms with Gasteiger partial charge in [0.1, 0.15) is 0 Å². The normalized spacial score (nSPS) is 12.8. The summed E-state index contributed by atoms with van der Waals surface area (Å²) in [7, 11) is 0. The van der Waals surface area contributed by atoms with E-state index in [1.807, 2.05) is 41.3 Å². The minimum atomic E-state index is -0.248. The molecule has 1 aliphatic rings. The zero-order valence-electron chi connectivity index (χ0n) is 17.3. The fourth-order valence-corrected chi connectivity index (χ4v) is 3.84. The molecule has 2 aromatic heterocycles. The summed E-state index contributed by atoms with van der Waals surface area (Å²) in [6, 6.07) is 19.0. The molecule has 0 aliphatic carbocycles. The molecule has 0 spiro atoms. The fourth-order valence-electron chi connectivity index (χ4n) is 3.84. The minimum Gasteiger partial charge on any atom is -0.334 e. The van der Waals surface area contributed by atoms with Gasteiger partial charge in [0, 0.05) is 31.0 Å². The maximum Gasteiger partial charge on any atom is 0.257 e. The van der Waals surface area contributed by atoms with Crippen LogP contribution in [0.25, 0.3) is 5.69 Å². The van der Waals surface area contributed by atoms with E-state index in [1.54, 1.807) is 35.4 Å². The van der Waals surface area contributed by atoms with Crippen LogP contribution >= 0.6 is 0 Å². The van der Waals surface area contributed by atoms with Gasteiger partial charge in [0.15, 0.2) is 0 Å². The topological polar surface area (TPSA) is 80.1 Å². The van der Waals surface area contributed by atoms with Gasteiger partial charge in [-0.3, -0.25) is 14.6 Å². The summed E-state index contributed by atoms with van der Waals surface area (Å²) in [6.07, 6.45) is 7.32. The summed E-state index contributed by atoms with van der Waals surface area (Å²) in [5.74, 6) is -0.224. The van der Waals surface area contributed by atoms with Crippen molar-refractivity contribution in [2.24, 2.45) is 0 Å². The van der Waals surface area contributed by atoms with Crippen molar-refractivity contribution in [2.75, 3.05) is 11.9 Å². The predicted octanol–water partition coefficient (Wildman–Crippen LogP) is 3.72. The smallest absolute Gasteiger partial charge is 0.257 e. The SMILES string of the molecule is O=C(Nc1cnn(-c2ccc(C(=O)N3CCc4ccccc4C3)cc2)c1)c1cccnc1. The number of hydrogen-bond acceptors (Lipinski definition) is 4. The number of rotatable bonds is 4. The molecular weight excluding hydrogens is 402 g/mol. The maximum atomic E-state index is 13.0. The average Bonchev–Trinajstić information content (AvgIpc) is 3.32. The Kier molecular flexibility index (Phi) is 5.21. The van der Waals surface area contributed by atoms with E-state index in [1.165, 1.54) is 17.3 Å². The van der Waals surface area contributed by atoms with Crippen molar-refractivity contribution in [1.82, 2.24) is 19.7 Å². The Hall–Kier alpha value is -4.26. The van der Waals surface area contributed by atoms with E-state index in [0.717, 1.165) is 18.7 Å². The van der Waals surface area contributed by atoms with E-state index in [2.05, 4.69) is 27.5 Å². The molecule has 0 radical (unpaired) electrons. The molecule has 0 unspecified atom stereocenters. The molecule has 0 fully saturated rings. The molecule has 1 aliphatic heterocycles. The van der Waals surface area contributed by atoms with Crippen molar-refractivity contribution >= 4 is 17.5 Å². The molecule has 7 heteroatoms. The number of nitrogens with one attached hydrogen (secondary N) is 1. The minimum absolute atomic E-state index is 0.0240. The first-order valence-electron chi connectivity index (χ1n) is 10.4. The first-order valence-corrected chi connectivity index (χ1v) is 10.4. The van der Waals surface area contributed by atoms with Crippen LogP contribution in [0.2, 0.25) is 0 Å². The Labute approximate surface area is 185 Å². The van der Waals surface area contributed by atoms with Crippen molar-refractivity contribution < 1.29 is 9.59 Å². The number of nitrogens with zero attached hydrogens (tertiary/aromatic N) is 4. The van der Waals surface area contributed by atoms with Crippen molar-refractivity contribution in [2.45, 2.75) is 13.0 Å². The Bertz CT molecular complexity index is 1270. The second kappa shape index (κ2) is 8.47. The highest BCUT2D eigenvalue weighted by atomic mass is 16.2. The molecule has 5 rings (SSSR count). The highest BCUT2D eigenvalue weighted by Crippen LogP contribution is 2.21. The number of carbonyl (C=O) groups is 2. The van der Waals surface area contributed by atoms with Crippen LogP contribution in [0.5, 0.6) is 0 Å². The van der Waals surface area contributed by atoms with Gasteiger partial charge in [-0.05, 0) is 53.9 Å². The third-order valence-corrected chi connectivity index (χ3v) is 5.56. The van der Waals surface area contributed by atoms with Gasteiger partial charge in [0.05, 0.1) is 29.3 Å². The van der Waals surface area contributed by atoms with Gasteiger partial charge in [-0.15, -0.1) is 0 Å². The number of fused-ring (bicyclic) bond motifs is 1. The number of pyridine rings is 1. The molecule has 0 atom stereocenters. The third-order valence-electron chi connectivity index (χ3n) is 5.56. The number of benzene rings is 2. The molecule has 0 saturated heterocycles. The zero-order valence-corrected chi connectivity index (χ0v) is 17.3. The standard InChI is InChI=1S/C25H21N5O2/c31-24(20-6-3-12-26-14-20)28-22-15-27-30(17-22)23-9-7-19(8-10-23)25(32)29-13-11-18-4-1-2-5-21(18)16-29/h1-10,12,14-15,17H,11,13,16H2,(H,28,31). The van der Waals surface area contributed by atoms with Crippen LogP contribution in [-0.4, -0.2) is 38.0 Å². The van der Waals surface area contributed by atoms with E-state index < -0.39 is 0 Å². The molecule has 3 heterocycles. The third kappa shape index (κ3) is 4.00. The molecular formula is C25H21N5O2. The van der Waals surface area contributed by atoms with Gasteiger partial charge in [-0.25, -0.2) is 4.68 Å². The maximum absolute atomic E-state index is 13.0. The lowest BCUT2D eigenvalue weighted by molar-refractivity contribution is 0.0734. The van der Waals surface area contributed by atoms with Crippen LogP contribution in [-0.2, 0) is 13.0 Å². The van der Waals surface area contributed by atoms with Crippen LogP contribution in [0.4, 0.5) is 5.69 Å². The average molecular weight is 423 g/mol. The number of aromatic nitrogens is 3. The van der Waals surface area contributed by atoms with Gasteiger partial charge in [0.25, 0.3) is 11.8 Å². The summed E-state index contributed by atoms with van der Waals surface area (Å²) >= 11 is 0. The highest BCUT2D eigenvalue weighted by molar-refractivity contribution is 6.03. The molecule has 2 aromatic carbocycles. The van der Waals surface area contributed by atoms with Gasteiger partial charge in [0.2, 0.25) is 0 Å². The van der Waals surface area contributed by atoms with E-state index >= 15 is 0 Å². The van der Waals surface area contributed by atoms with Crippen LogP contribution in [0.3, 0.4) is 0 Å². The van der Waals surface area contributed by atoms with Crippen molar-refractivity contribution in [3.8, 4) is 5.69 Å². The summed E-state index contributed by atoms with van der Waals surface area (Å²) in [5, 5.41) is 7.12. The second-order valence-electron chi connectivity index (χ2n) is 7.66. The molecule has 0 saturated carbocycles. The van der Waals surface area contributed by atoms with Gasteiger partial charge < -0.3 is 10.2 Å². The van der Waals surface area contributed by atoms with Gasteiger partial charge in [-0.1, -0.05) is 24.3 Å². The second-order valence-corrected chi connectivity index (χ2v) is 7.66. The highest BCUT2D eigenvalue weighted by Gasteiger charge is 2.21. The monoisotopic (exact) mass is 423 g/mol. The van der Waals surface area contributed by atoms with Gasteiger partial charge in [-0.2, -0.15) is 5.10 Å². The van der Waals surface area contributed by atoms with E-state index in [9.17, 15) is 9.59 Å². The lowest BCUT2D eigenvalue weighted by atomic mass is 9.99. The molecule has 1 N–H and O–H groups in total. The Morgan fingerprint density at radius 1 is 0.875 bits per heavy atom. The van der Waals surface area contributed by atoms with Crippen molar-refractivity contribution in [3.05, 3.63) is 108 Å². The quantitative estimate of drug-likeness (QED) is 0.543. The molecule has 32 heavy (non-hydrogen) atoms. The van der Waals surface area contributed by atoms with Crippen LogP contribution < -0.4 is 5.32 Å². The van der Waals surface area contributed by atoms with Crippen molar-refractivity contribution in [1.29, 1.82) is 0 Å². The Balaban J connectivity index is 1.26. The summed E-state index contributed by atoms with van der Waals surface area (Å²) in [6.45, 7) is 1.35. The first kappa shape index (κ1) is 19.7. The molecule has 158 valence electrons. The molecule has 0 bridgehead atoms. The lowest BCUT2D eigenvalue weighted by Crippen LogP contribution is -2.35. The largest absolute Gasteiger partial charge is 0.334 e. The lowest BCUT2D eigenvalue weighted by Gasteiger charge is -2.29. The van der Waals surface area contributed by atoms with Crippen LogP contribution in [0.15, 0.2) is 85.5 Å². The number of hydrogen-bond donors (Lipinski definition) is 1. The summed E-state index contributed by atoms with van der Waals surface area (Å²) in [5.41, 5.74) is 5.02. The molecule has 7 nitrogen and oxygen atoms in total. The first-order chi connectivity index (χ1) is 15.7. The number of anilines is 1. The van der Waals surface area contributed by atoms with Gasteiger partial charge >= 0.3 is 0 Å². The molecule has 4 aromatic rings. The van der Waals surface area contributed by atoms with Crippen molar-refractivity contribution in [3.63, 3.8) is 0 Å².